The van der Waals surface area contributed by atoms with Crippen LogP contribution >= 0.6 is 15.9 Å². The van der Waals surface area contributed by atoms with Gasteiger partial charge in [0.1, 0.15) is 5.69 Å². The first kappa shape index (κ1) is 10.3. The third-order valence-corrected chi connectivity index (χ3v) is 2.62. The van der Waals surface area contributed by atoms with Crippen molar-refractivity contribution >= 4 is 15.9 Å². The highest BCUT2D eigenvalue weighted by atomic mass is 79.9. The molecular weight excluding hydrogens is 258 g/mol. The van der Waals surface area contributed by atoms with E-state index in [9.17, 15) is 0 Å². The van der Waals surface area contributed by atoms with Crippen LogP contribution in [-0.2, 0) is 13.7 Å². The van der Waals surface area contributed by atoms with Gasteiger partial charge < -0.3 is 5.11 Å². The maximum Gasteiger partial charge on any atom is 0.108 e. The third kappa shape index (κ3) is 2.08. The van der Waals surface area contributed by atoms with Crippen molar-refractivity contribution in [2.45, 2.75) is 6.61 Å². The van der Waals surface area contributed by atoms with Crippen molar-refractivity contribution in [3.8, 4) is 11.3 Å². The van der Waals surface area contributed by atoms with Crippen LogP contribution in [0.15, 0.2) is 29.1 Å². The van der Waals surface area contributed by atoms with Crippen LogP contribution in [-0.4, -0.2) is 19.9 Å². The summed E-state index contributed by atoms with van der Waals surface area (Å²) in [4.78, 5) is 4.05. The lowest BCUT2D eigenvalue weighted by Crippen LogP contribution is -1.90. The molecule has 0 radical (unpaired) electrons. The Bertz CT molecular complexity index is 481. The topological polar surface area (TPSA) is 50.9 Å². The summed E-state index contributed by atoms with van der Waals surface area (Å²) in [7, 11) is 1.86. The molecule has 2 heterocycles. The van der Waals surface area contributed by atoms with Gasteiger partial charge in [-0.25, -0.2) is 0 Å². The second kappa shape index (κ2) is 4.12. The lowest BCUT2D eigenvalue weighted by Gasteiger charge is -1.99. The average molecular weight is 268 g/mol. The molecule has 2 rings (SSSR count). The van der Waals surface area contributed by atoms with Crippen molar-refractivity contribution in [1.29, 1.82) is 0 Å². The molecule has 15 heavy (non-hydrogen) atoms. The van der Waals surface area contributed by atoms with E-state index in [4.69, 9.17) is 5.11 Å². The Labute approximate surface area is 95.7 Å². The average Bonchev–Trinajstić information content (AvgIpc) is 2.58. The molecule has 0 bridgehead atoms. The summed E-state index contributed by atoms with van der Waals surface area (Å²) in [6.45, 7) is -0.00864. The van der Waals surface area contributed by atoms with Crippen LogP contribution in [0.25, 0.3) is 11.3 Å². The number of nitrogens with zero attached hydrogens (tertiary/aromatic N) is 3. The largest absolute Gasteiger partial charge is 0.392 e. The number of pyridine rings is 1. The summed E-state index contributed by atoms with van der Waals surface area (Å²) in [6.07, 6.45) is 5.24. The van der Waals surface area contributed by atoms with E-state index in [-0.39, 0.29) is 6.61 Å². The maximum atomic E-state index is 9.01. The van der Waals surface area contributed by atoms with Crippen LogP contribution in [0.2, 0.25) is 0 Å². The zero-order chi connectivity index (χ0) is 10.8. The van der Waals surface area contributed by atoms with Gasteiger partial charge in [0, 0.05) is 31.2 Å². The predicted molar refractivity (Wildman–Crippen MR) is 60.1 cm³/mol. The number of aliphatic hydroxyl groups excluding tert-OH is 1. The van der Waals surface area contributed by atoms with Crippen molar-refractivity contribution in [2.24, 2.45) is 7.05 Å². The first-order valence-electron chi connectivity index (χ1n) is 4.45. The first-order valence-corrected chi connectivity index (χ1v) is 5.24. The Morgan fingerprint density at radius 1 is 1.47 bits per heavy atom. The van der Waals surface area contributed by atoms with E-state index in [1.165, 1.54) is 0 Å². The Kier molecular flexibility index (Phi) is 2.83. The van der Waals surface area contributed by atoms with Gasteiger partial charge in [0.25, 0.3) is 0 Å². The van der Waals surface area contributed by atoms with E-state index in [1.807, 2.05) is 19.3 Å². The number of aliphatic hydroxyl groups is 1. The normalized spacial score (nSPS) is 10.6. The van der Waals surface area contributed by atoms with Crippen molar-refractivity contribution in [3.05, 3.63) is 34.7 Å². The Morgan fingerprint density at radius 2 is 2.27 bits per heavy atom. The molecule has 0 saturated heterocycles. The third-order valence-electron chi connectivity index (χ3n) is 2.04. The Hall–Kier alpha value is -1.20. The molecule has 0 spiro atoms. The summed E-state index contributed by atoms with van der Waals surface area (Å²) >= 11 is 3.43. The summed E-state index contributed by atoms with van der Waals surface area (Å²) < 4.78 is 2.65. The summed E-state index contributed by atoms with van der Waals surface area (Å²) in [5, 5.41) is 13.3. The molecule has 2 aromatic rings. The highest BCUT2D eigenvalue weighted by Gasteiger charge is 2.08. The maximum absolute atomic E-state index is 9.01. The van der Waals surface area contributed by atoms with Gasteiger partial charge in [0.2, 0.25) is 0 Å². The van der Waals surface area contributed by atoms with Crippen LogP contribution in [0.4, 0.5) is 0 Å². The lowest BCUT2D eigenvalue weighted by atomic mass is 10.1. The Morgan fingerprint density at radius 3 is 2.87 bits per heavy atom. The van der Waals surface area contributed by atoms with Crippen LogP contribution in [0.5, 0.6) is 0 Å². The molecule has 0 atom stereocenters. The molecule has 0 saturated carbocycles. The van der Waals surface area contributed by atoms with Gasteiger partial charge in [0.15, 0.2) is 0 Å². The minimum absolute atomic E-state index is 0.00864. The molecule has 4 nitrogen and oxygen atoms in total. The van der Waals surface area contributed by atoms with Gasteiger partial charge in [-0.15, -0.1) is 0 Å². The number of halogens is 1. The fourth-order valence-corrected chi connectivity index (χ4v) is 1.96. The zero-order valence-corrected chi connectivity index (χ0v) is 9.77. The highest BCUT2D eigenvalue weighted by Crippen LogP contribution is 2.26. The number of aryl methyl sites for hydroxylation is 1. The molecule has 5 heteroatoms. The molecule has 2 aromatic heterocycles. The first-order chi connectivity index (χ1) is 7.20. The highest BCUT2D eigenvalue weighted by molar-refractivity contribution is 9.10. The monoisotopic (exact) mass is 267 g/mol. The van der Waals surface area contributed by atoms with E-state index in [0.717, 1.165) is 21.3 Å². The molecule has 0 fully saturated rings. The predicted octanol–water partition coefficient (Wildman–Crippen LogP) is 1.74. The van der Waals surface area contributed by atoms with Gasteiger partial charge in [-0.2, -0.15) is 5.10 Å². The SMILES string of the molecule is Cn1cc(Br)c(-c2cncc(CO)c2)n1. The number of aromatic nitrogens is 3. The molecule has 0 unspecified atom stereocenters. The van der Waals surface area contributed by atoms with E-state index >= 15 is 0 Å². The lowest BCUT2D eigenvalue weighted by molar-refractivity contribution is 0.281. The zero-order valence-electron chi connectivity index (χ0n) is 8.18. The van der Waals surface area contributed by atoms with E-state index < -0.39 is 0 Å². The summed E-state index contributed by atoms with van der Waals surface area (Å²) in [5.41, 5.74) is 2.51. The Balaban J connectivity index is 2.49. The molecule has 0 aromatic carbocycles. The van der Waals surface area contributed by atoms with Crippen molar-refractivity contribution in [1.82, 2.24) is 14.8 Å². The molecule has 0 amide bonds. The smallest absolute Gasteiger partial charge is 0.108 e. The second-order valence-corrected chi connectivity index (χ2v) is 4.09. The van der Waals surface area contributed by atoms with Gasteiger partial charge in [-0.1, -0.05) is 0 Å². The van der Waals surface area contributed by atoms with Gasteiger partial charge in [0.05, 0.1) is 11.1 Å². The number of hydrogen-bond donors (Lipinski definition) is 1. The number of rotatable bonds is 2. The van der Waals surface area contributed by atoms with Gasteiger partial charge >= 0.3 is 0 Å². The van der Waals surface area contributed by atoms with Crippen molar-refractivity contribution in [2.75, 3.05) is 0 Å². The summed E-state index contributed by atoms with van der Waals surface area (Å²) in [5.74, 6) is 0. The minimum Gasteiger partial charge on any atom is -0.392 e. The van der Waals surface area contributed by atoms with Crippen molar-refractivity contribution in [3.63, 3.8) is 0 Å². The second-order valence-electron chi connectivity index (χ2n) is 3.24. The molecule has 78 valence electrons. The van der Waals surface area contributed by atoms with Gasteiger partial charge in [-0.3, -0.25) is 9.67 Å². The van der Waals surface area contributed by atoms with E-state index in [1.54, 1.807) is 17.1 Å². The van der Waals surface area contributed by atoms with Crippen LogP contribution in [0.3, 0.4) is 0 Å². The quantitative estimate of drug-likeness (QED) is 0.902. The van der Waals surface area contributed by atoms with Crippen LogP contribution in [0.1, 0.15) is 5.56 Å². The standard InChI is InChI=1S/C10H10BrN3O/c1-14-5-9(11)10(13-14)8-2-7(6-15)3-12-4-8/h2-5,15H,6H2,1H3. The fourth-order valence-electron chi connectivity index (χ4n) is 1.36. The van der Waals surface area contributed by atoms with E-state index in [2.05, 4.69) is 26.0 Å². The minimum atomic E-state index is -0.00864. The van der Waals surface area contributed by atoms with Crippen LogP contribution in [0, 0.1) is 0 Å². The summed E-state index contributed by atoms with van der Waals surface area (Å²) in [6, 6.07) is 1.88. The fraction of sp³-hybridized carbons (Fsp3) is 0.200. The number of hydrogen-bond acceptors (Lipinski definition) is 3. The molecular formula is C10H10BrN3O. The molecule has 0 aliphatic rings. The van der Waals surface area contributed by atoms with Crippen LogP contribution < -0.4 is 0 Å². The van der Waals surface area contributed by atoms with Crippen molar-refractivity contribution < 1.29 is 5.11 Å². The molecule has 0 aliphatic heterocycles. The molecule has 1 N–H and O–H groups in total. The molecule has 0 aliphatic carbocycles. The van der Waals surface area contributed by atoms with E-state index in [0.29, 0.717) is 0 Å². The van der Waals surface area contributed by atoms with Gasteiger partial charge in [-0.05, 0) is 27.6 Å².